The zero-order valence-electron chi connectivity index (χ0n) is 10.6. The van der Waals surface area contributed by atoms with Gasteiger partial charge in [-0.1, -0.05) is 0 Å². The molecule has 1 amide bonds. The number of aromatic nitrogens is 1. The molecule has 0 aromatic carbocycles. The predicted octanol–water partition coefficient (Wildman–Crippen LogP) is 0.795. The van der Waals surface area contributed by atoms with Gasteiger partial charge in [0.2, 0.25) is 5.91 Å². The van der Waals surface area contributed by atoms with Crippen LogP contribution in [0.15, 0.2) is 5.38 Å². The number of carbonyl (C=O) groups excluding carboxylic acids is 2. The molecule has 2 N–H and O–H groups in total. The molecule has 0 fully saturated rings. The van der Waals surface area contributed by atoms with Crippen LogP contribution in [-0.2, 0) is 20.7 Å². The average molecular weight is 271 g/mol. The molecule has 0 aliphatic carbocycles. The van der Waals surface area contributed by atoms with Crippen molar-refractivity contribution in [1.29, 1.82) is 0 Å². The first-order chi connectivity index (χ1) is 8.56. The maximum absolute atomic E-state index is 11.3. The molecule has 7 heteroatoms. The average Bonchev–Trinajstić information content (AvgIpc) is 2.75. The Labute approximate surface area is 110 Å². The van der Waals surface area contributed by atoms with E-state index in [0.29, 0.717) is 17.4 Å². The summed E-state index contributed by atoms with van der Waals surface area (Å²) in [4.78, 5) is 26.8. The van der Waals surface area contributed by atoms with E-state index in [-0.39, 0.29) is 24.3 Å². The second-order valence-corrected chi connectivity index (χ2v) is 4.46. The molecule has 1 heterocycles. The van der Waals surface area contributed by atoms with Gasteiger partial charge in [-0.2, -0.15) is 0 Å². The summed E-state index contributed by atoms with van der Waals surface area (Å²) in [5.74, 6) is -0.411. The minimum atomic E-state index is -0.364. The Balaban J connectivity index is 2.53. The predicted molar refractivity (Wildman–Crippen MR) is 69.6 cm³/mol. The first kappa shape index (κ1) is 14.4. The minimum Gasteiger partial charge on any atom is -0.466 e. The molecule has 0 saturated carbocycles. The van der Waals surface area contributed by atoms with Crippen molar-refractivity contribution in [3.05, 3.63) is 11.1 Å². The van der Waals surface area contributed by atoms with Gasteiger partial charge in [0.25, 0.3) is 0 Å². The maximum atomic E-state index is 11.3. The molecule has 1 aromatic rings. The lowest BCUT2D eigenvalue weighted by Gasteiger charge is -2.10. The number of nitrogens with zero attached hydrogens (tertiary/aromatic N) is 1. The Kier molecular flexibility index (Phi) is 5.57. The van der Waals surface area contributed by atoms with Crippen molar-refractivity contribution < 1.29 is 14.3 Å². The van der Waals surface area contributed by atoms with E-state index in [2.05, 4.69) is 15.6 Å². The van der Waals surface area contributed by atoms with Crippen LogP contribution in [0.1, 0.15) is 19.5 Å². The molecule has 0 aliphatic rings. The lowest BCUT2D eigenvalue weighted by molar-refractivity contribution is -0.142. The molecule has 1 aromatic heterocycles. The first-order valence-electron chi connectivity index (χ1n) is 5.65. The number of thiazole rings is 1. The maximum Gasteiger partial charge on any atom is 0.311 e. The number of rotatable bonds is 6. The van der Waals surface area contributed by atoms with Gasteiger partial charge in [0, 0.05) is 12.4 Å². The first-order valence-corrected chi connectivity index (χ1v) is 6.53. The number of likely N-dealkylation sites (N-methyl/N-ethyl adjacent to an activating group) is 1. The van der Waals surface area contributed by atoms with Crippen LogP contribution in [0.3, 0.4) is 0 Å². The summed E-state index contributed by atoms with van der Waals surface area (Å²) in [6, 6.07) is -0.364. The fraction of sp³-hybridized carbons (Fsp3) is 0.545. The number of ether oxygens (including phenoxy) is 1. The lowest BCUT2D eigenvalue weighted by Crippen LogP contribution is -2.35. The van der Waals surface area contributed by atoms with Crippen molar-refractivity contribution in [2.45, 2.75) is 26.3 Å². The molecule has 0 radical (unpaired) electrons. The molecule has 1 rings (SSSR count). The number of hydrogen-bond donors (Lipinski definition) is 2. The molecule has 0 saturated heterocycles. The molecule has 0 spiro atoms. The monoisotopic (exact) mass is 271 g/mol. The summed E-state index contributed by atoms with van der Waals surface area (Å²) in [7, 11) is 1.58. The largest absolute Gasteiger partial charge is 0.466 e. The molecule has 0 bridgehead atoms. The third-order valence-electron chi connectivity index (χ3n) is 2.16. The Morgan fingerprint density at radius 3 is 2.89 bits per heavy atom. The molecule has 1 unspecified atom stereocenters. The van der Waals surface area contributed by atoms with E-state index in [0.717, 1.165) is 0 Å². The Morgan fingerprint density at radius 2 is 2.28 bits per heavy atom. The van der Waals surface area contributed by atoms with Crippen LogP contribution in [0.5, 0.6) is 0 Å². The smallest absolute Gasteiger partial charge is 0.311 e. The summed E-state index contributed by atoms with van der Waals surface area (Å²) in [5, 5.41) is 7.89. The fourth-order valence-corrected chi connectivity index (χ4v) is 2.08. The van der Waals surface area contributed by atoms with Crippen LogP contribution in [0.2, 0.25) is 0 Å². The van der Waals surface area contributed by atoms with E-state index in [1.165, 1.54) is 11.3 Å². The quantitative estimate of drug-likeness (QED) is 0.748. The zero-order chi connectivity index (χ0) is 13.5. The normalized spacial score (nSPS) is 11.7. The van der Waals surface area contributed by atoms with Gasteiger partial charge in [0.05, 0.1) is 18.7 Å². The van der Waals surface area contributed by atoms with Crippen molar-refractivity contribution in [3.8, 4) is 0 Å². The Morgan fingerprint density at radius 1 is 1.56 bits per heavy atom. The number of amides is 1. The number of esters is 1. The van der Waals surface area contributed by atoms with Gasteiger partial charge in [0.1, 0.15) is 6.04 Å². The summed E-state index contributed by atoms with van der Waals surface area (Å²) in [5.41, 5.74) is 0.644. The van der Waals surface area contributed by atoms with Crippen LogP contribution in [0.25, 0.3) is 0 Å². The summed E-state index contributed by atoms with van der Waals surface area (Å²) < 4.78 is 4.83. The minimum absolute atomic E-state index is 0.114. The van der Waals surface area contributed by atoms with Gasteiger partial charge >= 0.3 is 5.97 Å². The van der Waals surface area contributed by atoms with Crippen LogP contribution in [0, 0.1) is 0 Å². The molecule has 1 atom stereocenters. The zero-order valence-corrected chi connectivity index (χ0v) is 11.5. The number of anilines is 1. The highest BCUT2D eigenvalue weighted by Crippen LogP contribution is 2.17. The van der Waals surface area contributed by atoms with Crippen LogP contribution in [-0.4, -0.2) is 36.6 Å². The summed E-state index contributed by atoms with van der Waals surface area (Å²) >= 11 is 1.36. The van der Waals surface area contributed by atoms with E-state index < -0.39 is 0 Å². The lowest BCUT2D eigenvalue weighted by atomic mass is 10.3. The molecule has 18 heavy (non-hydrogen) atoms. The topological polar surface area (TPSA) is 80.3 Å². The van der Waals surface area contributed by atoms with E-state index in [9.17, 15) is 9.59 Å². The SMILES string of the molecule is CCOC(=O)Cc1csc(NC(C)C(=O)NC)n1. The highest BCUT2D eigenvalue weighted by atomic mass is 32.1. The standard InChI is InChI=1S/C11H17N3O3S/c1-4-17-9(15)5-8-6-18-11(14-8)13-7(2)10(16)12-3/h6-7H,4-5H2,1-3H3,(H,12,16)(H,13,14). The number of carbonyl (C=O) groups is 2. The van der Waals surface area contributed by atoms with Crippen molar-refractivity contribution in [2.24, 2.45) is 0 Å². The van der Waals surface area contributed by atoms with Crippen molar-refractivity contribution in [2.75, 3.05) is 19.0 Å². The van der Waals surface area contributed by atoms with Gasteiger partial charge in [0.15, 0.2) is 5.13 Å². The molecular formula is C11H17N3O3S. The van der Waals surface area contributed by atoms with Gasteiger partial charge in [-0.25, -0.2) is 4.98 Å². The van der Waals surface area contributed by atoms with E-state index in [4.69, 9.17) is 4.74 Å². The summed E-state index contributed by atoms with van der Waals surface area (Å²) in [6.07, 6.45) is 0.153. The van der Waals surface area contributed by atoms with Crippen LogP contribution in [0.4, 0.5) is 5.13 Å². The molecule has 6 nitrogen and oxygen atoms in total. The molecular weight excluding hydrogens is 254 g/mol. The Hall–Kier alpha value is -1.63. The van der Waals surface area contributed by atoms with Crippen LogP contribution >= 0.6 is 11.3 Å². The van der Waals surface area contributed by atoms with E-state index in [1.807, 2.05) is 0 Å². The number of nitrogens with one attached hydrogen (secondary N) is 2. The molecule has 100 valence electrons. The third kappa shape index (κ3) is 4.33. The summed E-state index contributed by atoms with van der Waals surface area (Å²) in [6.45, 7) is 3.87. The van der Waals surface area contributed by atoms with Crippen molar-refractivity contribution >= 4 is 28.3 Å². The number of hydrogen-bond acceptors (Lipinski definition) is 6. The van der Waals surface area contributed by atoms with Crippen LogP contribution < -0.4 is 10.6 Å². The Bertz CT molecular complexity index is 419. The fourth-order valence-electron chi connectivity index (χ4n) is 1.28. The second kappa shape index (κ2) is 6.95. The van der Waals surface area contributed by atoms with Gasteiger partial charge in [-0.15, -0.1) is 11.3 Å². The van der Waals surface area contributed by atoms with Crippen molar-refractivity contribution in [1.82, 2.24) is 10.3 Å². The second-order valence-electron chi connectivity index (χ2n) is 3.61. The van der Waals surface area contributed by atoms with Gasteiger partial charge in [-0.3, -0.25) is 9.59 Å². The van der Waals surface area contributed by atoms with E-state index >= 15 is 0 Å². The van der Waals surface area contributed by atoms with Crippen molar-refractivity contribution in [3.63, 3.8) is 0 Å². The third-order valence-corrected chi connectivity index (χ3v) is 2.98. The van der Waals surface area contributed by atoms with E-state index in [1.54, 1.807) is 26.3 Å². The highest BCUT2D eigenvalue weighted by molar-refractivity contribution is 7.13. The van der Waals surface area contributed by atoms with Gasteiger partial charge < -0.3 is 15.4 Å². The highest BCUT2D eigenvalue weighted by Gasteiger charge is 2.13. The molecule has 0 aliphatic heterocycles. The van der Waals surface area contributed by atoms with Gasteiger partial charge in [-0.05, 0) is 13.8 Å².